The average Bonchev–Trinajstić information content (AvgIpc) is 3.55. The maximum atomic E-state index is 2.64. The standard InChI is InChI=1S/C25H17.C11H17.C3H6.2ClH.Zr/c1-3-7-18(8-4-1)20-11-13-24-22(15-20)17-23-16-21(12-14-25(23)24)19-9-5-2-6-10-19;1-5-9-6-7-10(8-9)11(2,3)4;1-3-2;;;/h1-15H,17H2;7-9H,5H2,1-4H3;1-2H3;2*1H;/q;;;;;+2/p-2. The summed E-state index contributed by atoms with van der Waals surface area (Å²) >= 11 is -2.43. The summed E-state index contributed by atoms with van der Waals surface area (Å²) in [6.45, 7) is 14.3. The quantitative estimate of drug-likeness (QED) is 0.266. The topological polar surface area (TPSA) is 0 Å². The molecule has 0 heterocycles. The van der Waals surface area contributed by atoms with Crippen LogP contribution >= 0.6 is 0 Å². The monoisotopic (exact) mass is 668 g/mol. The molecule has 0 aromatic heterocycles. The largest absolute Gasteiger partial charge is 1.00 e. The molecule has 0 saturated heterocycles. The van der Waals surface area contributed by atoms with Gasteiger partial charge >= 0.3 is 250 Å². The molecule has 2 aliphatic rings. The molecule has 0 aliphatic heterocycles. The second-order valence-electron chi connectivity index (χ2n) is 12.7. The van der Waals surface area contributed by atoms with Crippen molar-refractivity contribution in [1.29, 1.82) is 0 Å². The third kappa shape index (κ3) is 6.04. The van der Waals surface area contributed by atoms with Gasteiger partial charge in [0.05, 0.1) is 0 Å². The molecular weight excluding hydrogens is 631 g/mol. The molecule has 6 rings (SSSR count). The molecular formula is C39H40Cl2Zr. The molecule has 4 aromatic carbocycles. The Kier molecular flexibility index (Phi) is 10.2. The Bertz CT molecular complexity index is 1680. The zero-order valence-corrected chi connectivity index (χ0v) is 29.5. The first-order valence-electron chi connectivity index (χ1n) is 14.8. The molecule has 4 aromatic rings. The Hall–Kier alpha value is -2.31. The fourth-order valence-corrected chi connectivity index (χ4v) is 14.8. The summed E-state index contributed by atoms with van der Waals surface area (Å²) in [6, 6.07) is 34.0. The summed E-state index contributed by atoms with van der Waals surface area (Å²) in [4.78, 5) is 0. The molecule has 0 bridgehead atoms. The van der Waals surface area contributed by atoms with Crippen molar-refractivity contribution in [1.82, 2.24) is 0 Å². The minimum absolute atomic E-state index is 0. The molecule has 1 unspecified atom stereocenters. The van der Waals surface area contributed by atoms with E-state index in [0.717, 1.165) is 6.42 Å². The van der Waals surface area contributed by atoms with Crippen LogP contribution in [0.4, 0.5) is 0 Å². The second kappa shape index (κ2) is 13.1. The van der Waals surface area contributed by atoms with E-state index in [1.165, 1.54) is 50.9 Å². The van der Waals surface area contributed by atoms with Gasteiger partial charge in [-0.05, 0) is 0 Å². The van der Waals surface area contributed by atoms with Crippen molar-refractivity contribution in [2.45, 2.75) is 54.4 Å². The number of benzene rings is 4. The predicted octanol–water partition coefficient (Wildman–Crippen LogP) is 3.95. The summed E-state index contributed by atoms with van der Waals surface area (Å²) < 4.78 is 5.14. The van der Waals surface area contributed by atoms with Crippen LogP contribution in [0.25, 0.3) is 33.4 Å². The number of hydrogen-bond donors (Lipinski definition) is 0. The summed E-state index contributed by atoms with van der Waals surface area (Å²) in [5.74, 6) is 0.562. The van der Waals surface area contributed by atoms with Crippen LogP contribution in [0.5, 0.6) is 0 Å². The van der Waals surface area contributed by atoms with Gasteiger partial charge in [-0.3, -0.25) is 0 Å². The van der Waals surface area contributed by atoms with E-state index in [0.29, 0.717) is 5.92 Å². The number of halogens is 2. The van der Waals surface area contributed by atoms with Gasteiger partial charge < -0.3 is 24.8 Å². The molecule has 1 atom stereocenters. The fraction of sp³-hybridized carbons (Fsp3) is 0.256. The summed E-state index contributed by atoms with van der Waals surface area (Å²) in [7, 11) is 0. The minimum Gasteiger partial charge on any atom is -1.00 e. The van der Waals surface area contributed by atoms with Gasteiger partial charge in [-0.25, -0.2) is 0 Å². The van der Waals surface area contributed by atoms with E-state index in [1.54, 1.807) is 15.3 Å². The van der Waals surface area contributed by atoms with Crippen molar-refractivity contribution >= 4 is 6.48 Å². The van der Waals surface area contributed by atoms with Crippen molar-refractivity contribution < 1.29 is 46.1 Å². The third-order valence-electron chi connectivity index (χ3n) is 8.70. The van der Waals surface area contributed by atoms with Crippen LogP contribution in [0.2, 0.25) is 0 Å². The molecule has 0 saturated carbocycles. The Morgan fingerprint density at radius 3 is 1.93 bits per heavy atom. The molecule has 0 fully saturated rings. The molecule has 0 amide bonds. The number of hydrogen-bond acceptors (Lipinski definition) is 0. The van der Waals surface area contributed by atoms with E-state index in [4.69, 9.17) is 0 Å². The van der Waals surface area contributed by atoms with Crippen molar-refractivity contribution in [3.8, 4) is 33.4 Å². The average molecular weight is 671 g/mol. The minimum atomic E-state index is -2.43. The maximum Gasteiger partial charge on any atom is -1.00 e. The third-order valence-corrected chi connectivity index (χ3v) is 16.5. The van der Waals surface area contributed by atoms with E-state index in [-0.39, 0.29) is 30.2 Å². The maximum absolute atomic E-state index is 2.64. The van der Waals surface area contributed by atoms with Crippen LogP contribution in [-0.4, -0.2) is 3.21 Å². The normalized spacial score (nSPS) is 14.8. The molecule has 42 heavy (non-hydrogen) atoms. The van der Waals surface area contributed by atoms with Gasteiger partial charge in [0.25, 0.3) is 0 Å². The number of rotatable bonds is 5. The number of fused-ring (bicyclic) bond motifs is 3. The second-order valence-corrected chi connectivity index (χ2v) is 19.6. The summed E-state index contributed by atoms with van der Waals surface area (Å²) in [6.07, 6.45) is 7.45. The smallest absolute Gasteiger partial charge is 1.00 e. The Morgan fingerprint density at radius 2 is 1.33 bits per heavy atom. The van der Waals surface area contributed by atoms with Gasteiger partial charge in [0, 0.05) is 0 Å². The van der Waals surface area contributed by atoms with Crippen molar-refractivity contribution in [2.24, 2.45) is 11.3 Å². The first-order chi connectivity index (χ1) is 19.3. The first-order valence-corrected chi connectivity index (χ1v) is 18.5. The molecule has 0 radical (unpaired) electrons. The first kappa shape index (κ1) is 32.6. The summed E-state index contributed by atoms with van der Waals surface area (Å²) in [5, 5.41) is 0. The van der Waals surface area contributed by atoms with Crippen molar-refractivity contribution in [3.63, 3.8) is 0 Å². The Labute approximate surface area is 273 Å². The zero-order chi connectivity index (χ0) is 28.0. The molecule has 0 N–H and O–H groups in total. The van der Waals surface area contributed by atoms with Crippen molar-refractivity contribution in [3.05, 3.63) is 123 Å². The van der Waals surface area contributed by atoms with Gasteiger partial charge in [0.1, 0.15) is 0 Å². The van der Waals surface area contributed by atoms with Crippen LogP contribution < -0.4 is 28.1 Å². The van der Waals surface area contributed by atoms with E-state index in [1.807, 2.05) is 0 Å². The fourth-order valence-electron chi connectivity index (χ4n) is 6.61. The molecule has 3 heteroatoms. The SMILES string of the molecule is CCC1C=C(C(C)(C)C)C=[C]1[Zr+2](=[C](C)C)[c]1c(-c2ccccc2)ccc2c1Cc1cc(-c3ccccc3)ccc1-2.[Cl-].[Cl-]. The molecule has 2 aliphatic carbocycles. The van der Waals surface area contributed by atoms with E-state index >= 15 is 0 Å². The van der Waals surface area contributed by atoms with Crippen LogP contribution in [-0.2, 0) is 27.7 Å². The van der Waals surface area contributed by atoms with Crippen LogP contribution in [0.3, 0.4) is 0 Å². The predicted molar refractivity (Wildman–Crippen MR) is 171 cm³/mol. The van der Waals surface area contributed by atoms with Gasteiger partial charge in [-0.2, -0.15) is 0 Å². The van der Waals surface area contributed by atoms with E-state index < -0.39 is 21.3 Å². The number of allylic oxidation sites excluding steroid dienone is 4. The van der Waals surface area contributed by atoms with Crippen LogP contribution in [0.1, 0.15) is 59.1 Å². The molecule has 214 valence electrons. The molecule has 0 nitrogen and oxygen atoms in total. The van der Waals surface area contributed by atoms with E-state index in [9.17, 15) is 0 Å². The van der Waals surface area contributed by atoms with Gasteiger partial charge in [0.15, 0.2) is 0 Å². The molecule has 0 spiro atoms. The van der Waals surface area contributed by atoms with Gasteiger partial charge in [0.2, 0.25) is 0 Å². The van der Waals surface area contributed by atoms with Crippen LogP contribution in [0, 0.1) is 11.3 Å². The van der Waals surface area contributed by atoms with E-state index in [2.05, 4.69) is 145 Å². The Morgan fingerprint density at radius 1 is 0.738 bits per heavy atom. The van der Waals surface area contributed by atoms with Gasteiger partial charge in [-0.15, -0.1) is 0 Å². The van der Waals surface area contributed by atoms with Gasteiger partial charge in [-0.1, -0.05) is 0 Å². The van der Waals surface area contributed by atoms with Crippen molar-refractivity contribution in [2.75, 3.05) is 0 Å². The van der Waals surface area contributed by atoms with Crippen LogP contribution in [0.15, 0.2) is 112 Å². The summed E-state index contributed by atoms with van der Waals surface area (Å²) in [5.41, 5.74) is 13.1. The zero-order valence-electron chi connectivity index (χ0n) is 25.6. The Balaban J connectivity index is 0.00000202.